The van der Waals surface area contributed by atoms with E-state index in [9.17, 15) is 4.79 Å². The lowest BCUT2D eigenvalue weighted by Crippen LogP contribution is -2.14. The third-order valence-electron chi connectivity index (χ3n) is 2.63. The van der Waals surface area contributed by atoms with Crippen LogP contribution < -0.4 is 11.1 Å². The predicted molar refractivity (Wildman–Crippen MR) is 82.7 cm³/mol. The largest absolute Gasteiger partial charge is 0.398 e. The van der Waals surface area contributed by atoms with E-state index in [4.69, 9.17) is 17.3 Å². The van der Waals surface area contributed by atoms with Gasteiger partial charge in [0.15, 0.2) is 0 Å². The Morgan fingerprint density at radius 2 is 2.00 bits per heavy atom. The first kappa shape index (κ1) is 13.9. The quantitative estimate of drug-likeness (QED) is 0.804. The molecule has 2 rings (SSSR count). The summed E-state index contributed by atoms with van der Waals surface area (Å²) >= 11 is 9.21. The van der Waals surface area contributed by atoms with E-state index < -0.39 is 0 Å². The normalized spacial score (nSPS) is 10.3. The Kier molecular flexibility index (Phi) is 4.12. The summed E-state index contributed by atoms with van der Waals surface area (Å²) in [5.74, 6) is -0.244. The maximum atomic E-state index is 12.1. The molecule has 0 aliphatic carbocycles. The van der Waals surface area contributed by atoms with E-state index in [1.165, 1.54) is 0 Å². The molecule has 5 heteroatoms. The van der Waals surface area contributed by atoms with Crippen LogP contribution in [0.15, 0.2) is 40.9 Å². The molecule has 3 nitrogen and oxygen atoms in total. The van der Waals surface area contributed by atoms with Crippen LogP contribution in [0.2, 0.25) is 5.02 Å². The molecule has 0 fully saturated rings. The van der Waals surface area contributed by atoms with Gasteiger partial charge in [0, 0.05) is 15.8 Å². The molecule has 2 aromatic rings. The number of nitrogens with two attached hydrogens (primary N) is 1. The summed E-state index contributed by atoms with van der Waals surface area (Å²) in [5.41, 5.74) is 8.43. The Morgan fingerprint density at radius 3 is 2.63 bits per heavy atom. The summed E-state index contributed by atoms with van der Waals surface area (Å²) in [6.45, 7) is 1.92. The maximum absolute atomic E-state index is 12.1. The second kappa shape index (κ2) is 5.63. The molecule has 0 aliphatic heterocycles. The van der Waals surface area contributed by atoms with E-state index in [0.717, 1.165) is 10.0 Å². The minimum absolute atomic E-state index is 0.244. The van der Waals surface area contributed by atoms with Gasteiger partial charge >= 0.3 is 0 Å². The second-order valence-electron chi connectivity index (χ2n) is 4.17. The molecule has 98 valence electrons. The minimum Gasteiger partial charge on any atom is -0.398 e. The predicted octanol–water partition coefficient (Wildman–Crippen LogP) is 4.25. The summed E-state index contributed by atoms with van der Waals surface area (Å²) in [7, 11) is 0. The van der Waals surface area contributed by atoms with Crippen molar-refractivity contribution in [2.75, 3.05) is 11.1 Å². The topological polar surface area (TPSA) is 55.1 Å². The van der Waals surface area contributed by atoms with E-state index in [0.29, 0.717) is 22.0 Å². The summed E-state index contributed by atoms with van der Waals surface area (Å²) in [5, 5.41) is 3.37. The Morgan fingerprint density at radius 1 is 1.26 bits per heavy atom. The molecule has 0 saturated carbocycles. The second-order valence-corrected chi connectivity index (χ2v) is 5.44. The number of nitrogens with one attached hydrogen (secondary N) is 1. The highest BCUT2D eigenvalue weighted by Gasteiger charge is 2.10. The van der Waals surface area contributed by atoms with Crippen LogP contribution in [0.3, 0.4) is 0 Å². The Bertz CT molecular complexity index is 643. The van der Waals surface area contributed by atoms with Gasteiger partial charge in [0.1, 0.15) is 0 Å². The zero-order chi connectivity index (χ0) is 14.0. The van der Waals surface area contributed by atoms with Crippen molar-refractivity contribution in [2.45, 2.75) is 6.92 Å². The molecule has 0 bridgehead atoms. The number of carbonyl (C=O) groups excluding carboxylic acids is 1. The first-order chi connectivity index (χ1) is 8.97. The van der Waals surface area contributed by atoms with E-state index in [2.05, 4.69) is 21.2 Å². The van der Waals surface area contributed by atoms with Gasteiger partial charge in [0.05, 0.1) is 10.6 Å². The van der Waals surface area contributed by atoms with Crippen LogP contribution >= 0.6 is 27.5 Å². The zero-order valence-corrected chi connectivity index (χ0v) is 12.5. The van der Waals surface area contributed by atoms with Crippen molar-refractivity contribution in [1.82, 2.24) is 0 Å². The van der Waals surface area contributed by atoms with Crippen molar-refractivity contribution in [3.8, 4) is 0 Å². The number of carbonyl (C=O) groups is 1. The fourth-order valence-electron chi connectivity index (χ4n) is 1.66. The average Bonchev–Trinajstić information content (AvgIpc) is 2.33. The van der Waals surface area contributed by atoms with Crippen LogP contribution in [0.5, 0.6) is 0 Å². The molecule has 3 N–H and O–H groups in total. The van der Waals surface area contributed by atoms with Crippen LogP contribution in [-0.2, 0) is 0 Å². The van der Waals surface area contributed by atoms with Crippen LogP contribution in [0.4, 0.5) is 11.4 Å². The first-order valence-corrected chi connectivity index (χ1v) is 6.77. The standard InChI is InChI=1S/C14H12BrClN2O/c1-8-2-4-10(13(17)6-8)14(19)18-9-3-5-12(16)11(15)7-9/h2-7H,17H2,1H3,(H,18,19). The lowest BCUT2D eigenvalue weighted by atomic mass is 10.1. The average molecular weight is 340 g/mol. The molecule has 0 atom stereocenters. The van der Waals surface area contributed by atoms with Crippen molar-refractivity contribution in [3.05, 3.63) is 57.0 Å². The summed E-state index contributed by atoms with van der Waals surface area (Å²) in [6.07, 6.45) is 0. The molecule has 0 heterocycles. The van der Waals surface area contributed by atoms with Crippen molar-refractivity contribution in [1.29, 1.82) is 0 Å². The summed E-state index contributed by atoms with van der Waals surface area (Å²) in [4.78, 5) is 12.1. The molecular formula is C14H12BrClN2O. The smallest absolute Gasteiger partial charge is 0.257 e. The zero-order valence-electron chi connectivity index (χ0n) is 10.2. The third-order valence-corrected chi connectivity index (χ3v) is 3.84. The molecule has 0 aromatic heterocycles. The van der Waals surface area contributed by atoms with Crippen molar-refractivity contribution >= 4 is 44.8 Å². The van der Waals surface area contributed by atoms with E-state index in [1.807, 2.05) is 13.0 Å². The number of hydrogen-bond donors (Lipinski definition) is 2. The molecule has 19 heavy (non-hydrogen) atoms. The van der Waals surface area contributed by atoms with Gasteiger partial charge in [-0.05, 0) is 58.7 Å². The lowest BCUT2D eigenvalue weighted by Gasteiger charge is -2.09. The monoisotopic (exact) mass is 338 g/mol. The van der Waals surface area contributed by atoms with Crippen LogP contribution in [0.1, 0.15) is 15.9 Å². The Hall–Kier alpha value is -1.52. The highest BCUT2D eigenvalue weighted by molar-refractivity contribution is 9.10. The first-order valence-electron chi connectivity index (χ1n) is 5.60. The van der Waals surface area contributed by atoms with Gasteiger partial charge < -0.3 is 11.1 Å². The number of nitrogen functional groups attached to an aromatic ring is 1. The summed E-state index contributed by atoms with van der Waals surface area (Å²) < 4.78 is 0.726. The third kappa shape index (κ3) is 3.28. The number of aryl methyl sites for hydroxylation is 1. The van der Waals surface area contributed by atoms with E-state index in [1.54, 1.807) is 30.3 Å². The fourth-order valence-corrected chi connectivity index (χ4v) is 2.16. The highest BCUT2D eigenvalue weighted by Crippen LogP contribution is 2.26. The minimum atomic E-state index is -0.244. The Balaban J connectivity index is 2.23. The number of halogens is 2. The maximum Gasteiger partial charge on any atom is 0.257 e. The van der Waals surface area contributed by atoms with Crippen LogP contribution in [-0.4, -0.2) is 5.91 Å². The van der Waals surface area contributed by atoms with Gasteiger partial charge in [-0.2, -0.15) is 0 Å². The van der Waals surface area contributed by atoms with Crippen molar-refractivity contribution in [3.63, 3.8) is 0 Å². The van der Waals surface area contributed by atoms with E-state index in [-0.39, 0.29) is 5.91 Å². The van der Waals surface area contributed by atoms with E-state index >= 15 is 0 Å². The number of amides is 1. The molecule has 1 amide bonds. The molecule has 2 aromatic carbocycles. The molecule has 0 aliphatic rings. The number of benzene rings is 2. The van der Waals surface area contributed by atoms with Gasteiger partial charge in [-0.1, -0.05) is 17.7 Å². The molecule has 0 unspecified atom stereocenters. The number of rotatable bonds is 2. The molecular weight excluding hydrogens is 328 g/mol. The number of hydrogen-bond acceptors (Lipinski definition) is 2. The van der Waals surface area contributed by atoms with Gasteiger partial charge in [0.25, 0.3) is 5.91 Å². The van der Waals surface area contributed by atoms with Crippen LogP contribution in [0.25, 0.3) is 0 Å². The SMILES string of the molecule is Cc1ccc(C(=O)Nc2ccc(Cl)c(Br)c2)c(N)c1. The van der Waals surface area contributed by atoms with Crippen LogP contribution in [0, 0.1) is 6.92 Å². The fraction of sp³-hybridized carbons (Fsp3) is 0.0714. The molecule has 0 saturated heterocycles. The van der Waals surface area contributed by atoms with Gasteiger partial charge in [-0.15, -0.1) is 0 Å². The molecule has 0 radical (unpaired) electrons. The van der Waals surface area contributed by atoms with Crippen molar-refractivity contribution in [2.24, 2.45) is 0 Å². The van der Waals surface area contributed by atoms with Gasteiger partial charge in [-0.3, -0.25) is 4.79 Å². The highest BCUT2D eigenvalue weighted by atomic mass is 79.9. The van der Waals surface area contributed by atoms with Gasteiger partial charge in [0.2, 0.25) is 0 Å². The Labute approximate surface area is 124 Å². The molecule has 0 spiro atoms. The lowest BCUT2D eigenvalue weighted by molar-refractivity contribution is 0.102. The van der Waals surface area contributed by atoms with Gasteiger partial charge in [-0.25, -0.2) is 0 Å². The number of anilines is 2. The van der Waals surface area contributed by atoms with Crippen molar-refractivity contribution < 1.29 is 4.79 Å². The summed E-state index contributed by atoms with van der Waals surface area (Å²) in [6, 6.07) is 10.5.